The molecule has 0 atom stereocenters. The molecule has 1 aliphatic heterocycles. The Labute approximate surface area is 121 Å². The topological polar surface area (TPSA) is 87.7 Å². The number of ether oxygens (including phenoxy) is 1. The zero-order valence-electron chi connectivity index (χ0n) is 10.8. The van der Waals surface area contributed by atoms with Crippen molar-refractivity contribution in [1.82, 2.24) is 10.6 Å². The third-order valence-electron chi connectivity index (χ3n) is 2.87. The molecular formula is C13H14N2O4S. The molecule has 2 amide bonds. The van der Waals surface area contributed by atoms with Crippen molar-refractivity contribution >= 4 is 29.1 Å². The highest BCUT2D eigenvalue weighted by molar-refractivity contribution is 7.80. The maximum Gasteiger partial charge on any atom is 0.239 e. The van der Waals surface area contributed by atoms with Crippen LogP contribution >= 0.6 is 12.2 Å². The highest BCUT2D eigenvalue weighted by Gasteiger charge is 2.32. The first-order chi connectivity index (χ1) is 9.51. The summed E-state index contributed by atoms with van der Waals surface area (Å²) in [6, 6.07) is 4.74. The number of phenols is 1. The van der Waals surface area contributed by atoms with E-state index in [0.717, 1.165) is 5.56 Å². The smallest absolute Gasteiger partial charge is 0.239 e. The van der Waals surface area contributed by atoms with E-state index in [-0.39, 0.29) is 17.3 Å². The van der Waals surface area contributed by atoms with Crippen molar-refractivity contribution < 1.29 is 19.4 Å². The lowest BCUT2D eigenvalue weighted by atomic mass is 9.96. The quantitative estimate of drug-likeness (QED) is 0.555. The van der Waals surface area contributed by atoms with Crippen LogP contribution in [-0.4, -0.2) is 28.6 Å². The van der Waals surface area contributed by atoms with E-state index in [1.165, 1.54) is 6.07 Å². The van der Waals surface area contributed by atoms with Gasteiger partial charge in [-0.1, -0.05) is 6.07 Å². The Kier molecular flexibility index (Phi) is 4.19. The Hall–Kier alpha value is -2.15. The molecule has 1 aromatic carbocycles. The summed E-state index contributed by atoms with van der Waals surface area (Å²) < 4.78 is 5.27. The number of carbonyl (C=O) groups is 2. The summed E-state index contributed by atoms with van der Waals surface area (Å²) in [5.74, 6) is -1.35. The van der Waals surface area contributed by atoms with Gasteiger partial charge in [0.2, 0.25) is 11.8 Å². The molecule has 0 unspecified atom stereocenters. The van der Waals surface area contributed by atoms with Crippen LogP contribution in [-0.2, 0) is 16.0 Å². The van der Waals surface area contributed by atoms with E-state index < -0.39 is 17.7 Å². The number of benzene rings is 1. The number of thiocarbonyl (C=S) groups is 1. The van der Waals surface area contributed by atoms with E-state index in [0.29, 0.717) is 12.4 Å². The number of hydrogen-bond acceptors (Lipinski definition) is 5. The van der Waals surface area contributed by atoms with E-state index in [9.17, 15) is 14.7 Å². The van der Waals surface area contributed by atoms with Crippen LogP contribution in [0.2, 0.25) is 0 Å². The number of aromatic hydroxyl groups is 1. The molecule has 0 spiro atoms. The van der Waals surface area contributed by atoms with Crippen LogP contribution < -0.4 is 15.4 Å². The summed E-state index contributed by atoms with van der Waals surface area (Å²) in [5, 5.41) is 14.5. The molecule has 1 aliphatic rings. The molecule has 6 nitrogen and oxygen atoms in total. The zero-order valence-corrected chi connectivity index (χ0v) is 11.6. The number of hydrogen-bond donors (Lipinski definition) is 3. The normalized spacial score (nSPS) is 15.8. The van der Waals surface area contributed by atoms with Crippen molar-refractivity contribution in [3.8, 4) is 11.5 Å². The zero-order chi connectivity index (χ0) is 14.7. The van der Waals surface area contributed by atoms with Gasteiger partial charge in [0.25, 0.3) is 0 Å². The third kappa shape index (κ3) is 3.05. The maximum atomic E-state index is 11.8. The summed E-state index contributed by atoms with van der Waals surface area (Å²) >= 11 is 4.73. The summed E-state index contributed by atoms with van der Waals surface area (Å²) in [7, 11) is 0. The Morgan fingerprint density at radius 1 is 1.30 bits per heavy atom. The first kappa shape index (κ1) is 14.3. The molecule has 3 N–H and O–H groups in total. The van der Waals surface area contributed by atoms with Crippen molar-refractivity contribution in [2.24, 2.45) is 5.92 Å². The molecular weight excluding hydrogens is 280 g/mol. The van der Waals surface area contributed by atoms with Gasteiger partial charge in [-0.15, -0.1) is 0 Å². The number of carbonyl (C=O) groups excluding carboxylic acids is 2. The summed E-state index contributed by atoms with van der Waals surface area (Å²) in [6.45, 7) is 2.21. The average molecular weight is 294 g/mol. The van der Waals surface area contributed by atoms with Gasteiger partial charge in [0, 0.05) is 0 Å². The van der Waals surface area contributed by atoms with E-state index in [4.69, 9.17) is 17.0 Å². The van der Waals surface area contributed by atoms with Gasteiger partial charge in [-0.05, 0) is 43.3 Å². The Morgan fingerprint density at radius 2 is 1.95 bits per heavy atom. The minimum atomic E-state index is -0.847. The lowest BCUT2D eigenvalue weighted by molar-refractivity contribution is -0.135. The van der Waals surface area contributed by atoms with Crippen LogP contribution in [0.4, 0.5) is 0 Å². The largest absolute Gasteiger partial charge is 0.504 e. The van der Waals surface area contributed by atoms with E-state index in [1.807, 2.05) is 0 Å². The molecule has 1 heterocycles. The van der Waals surface area contributed by atoms with E-state index >= 15 is 0 Å². The lowest BCUT2D eigenvalue weighted by Crippen LogP contribution is -2.56. The molecule has 0 radical (unpaired) electrons. The van der Waals surface area contributed by atoms with Gasteiger partial charge in [0.1, 0.15) is 5.92 Å². The van der Waals surface area contributed by atoms with E-state index in [2.05, 4.69) is 10.6 Å². The first-order valence-corrected chi connectivity index (χ1v) is 6.52. The summed E-state index contributed by atoms with van der Waals surface area (Å²) in [6.07, 6.45) is 0.209. The average Bonchev–Trinajstić information content (AvgIpc) is 2.37. The van der Waals surface area contributed by atoms with Crippen LogP contribution in [0.15, 0.2) is 18.2 Å². The minimum Gasteiger partial charge on any atom is -0.504 e. The fourth-order valence-corrected chi connectivity index (χ4v) is 2.13. The number of phenolic OH excluding ortho intramolecular Hbond substituents is 1. The Bertz CT molecular complexity index is 553. The second-order valence-corrected chi connectivity index (χ2v) is 4.71. The molecule has 1 fully saturated rings. The predicted molar refractivity (Wildman–Crippen MR) is 75.4 cm³/mol. The van der Waals surface area contributed by atoms with Crippen molar-refractivity contribution in [3.63, 3.8) is 0 Å². The van der Waals surface area contributed by atoms with Gasteiger partial charge < -0.3 is 20.5 Å². The number of rotatable bonds is 4. The molecule has 7 heteroatoms. The Balaban J connectivity index is 2.17. The van der Waals surface area contributed by atoms with Gasteiger partial charge in [-0.3, -0.25) is 9.59 Å². The molecule has 1 aromatic rings. The van der Waals surface area contributed by atoms with E-state index in [1.54, 1.807) is 19.1 Å². The van der Waals surface area contributed by atoms with Crippen molar-refractivity contribution in [2.45, 2.75) is 13.3 Å². The highest BCUT2D eigenvalue weighted by Crippen LogP contribution is 2.28. The van der Waals surface area contributed by atoms with Crippen LogP contribution in [0.3, 0.4) is 0 Å². The predicted octanol–water partition coefficient (Wildman–Crippen LogP) is 0.480. The summed E-state index contributed by atoms with van der Waals surface area (Å²) in [5.41, 5.74) is 0.717. The lowest BCUT2D eigenvalue weighted by Gasteiger charge is -2.22. The third-order valence-corrected chi connectivity index (χ3v) is 3.07. The van der Waals surface area contributed by atoms with Gasteiger partial charge >= 0.3 is 0 Å². The maximum absolute atomic E-state index is 11.8. The molecule has 2 rings (SSSR count). The van der Waals surface area contributed by atoms with Crippen molar-refractivity contribution in [2.75, 3.05) is 6.61 Å². The molecule has 1 saturated heterocycles. The van der Waals surface area contributed by atoms with Gasteiger partial charge in [-0.25, -0.2) is 0 Å². The molecule has 0 aromatic heterocycles. The molecule has 0 bridgehead atoms. The molecule has 20 heavy (non-hydrogen) atoms. The second-order valence-electron chi connectivity index (χ2n) is 4.30. The molecule has 106 valence electrons. The molecule has 0 saturated carbocycles. The number of nitrogens with one attached hydrogen (secondary N) is 2. The van der Waals surface area contributed by atoms with Gasteiger partial charge in [0.05, 0.1) is 6.61 Å². The number of amides is 2. The van der Waals surface area contributed by atoms with Crippen LogP contribution in [0.5, 0.6) is 11.5 Å². The standard InChI is InChI=1S/C13H14N2O4S/c1-2-19-10-6-7(3-4-9(10)16)5-8-11(17)14-13(20)15-12(8)18/h3-4,6,8,16H,2,5H2,1H3,(H2,14,15,17,18,20). The fourth-order valence-electron chi connectivity index (χ4n) is 1.93. The highest BCUT2D eigenvalue weighted by atomic mass is 32.1. The fraction of sp³-hybridized carbons (Fsp3) is 0.308. The SMILES string of the molecule is CCOc1cc(CC2C(=O)NC(=S)NC2=O)ccc1O. The first-order valence-electron chi connectivity index (χ1n) is 6.11. The van der Waals surface area contributed by atoms with Crippen LogP contribution in [0.25, 0.3) is 0 Å². The minimum absolute atomic E-state index is 0.0225. The second kappa shape index (κ2) is 5.87. The van der Waals surface area contributed by atoms with Gasteiger partial charge in [-0.2, -0.15) is 0 Å². The Morgan fingerprint density at radius 3 is 2.55 bits per heavy atom. The summed E-state index contributed by atoms with van der Waals surface area (Å²) in [4.78, 5) is 23.5. The van der Waals surface area contributed by atoms with Gasteiger partial charge in [0.15, 0.2) is 16.6 Å². The monoisotopic (exact) mass is 294 g/mol. The molecule has 0 aliphatic carbocycles. The van der Waals surface area contributed by atoms with Crippen LogP contribution in [0, 0.1) is 5.92 Å². The van der Waals surface area contributed by atoms with Crippen molar-refractivity contribution in [1.29, 1.82) is 0 Å². The van der Waals surface area contributed by atoms with Crippen molar-refractivity contribution in [3.05, 3.63) is 23.8 Å². The van der Waals surface area contributed by atoms with Crippen LogP contribution in [0.1, 0.15) is 12.5 Å².